The monoisotopic (exact) mass is 396 g/mol. The molecule has 28 heavy (non-hydrogen) atoms. The maximum atomic E-state index is 10.9. The highest BCUT2D eigenvalue weighted by molar-refractivity contribution is 6.31. The van der Waals surface area contributed by atoms with Gasteiger partial charge < -0.3 is 14.8 Å². The fourth-order valence-corrected chi connectivity index (χ4v) is 4.46. The van der Waals surface area contributed by atoms with Crippen LogP contribution in [0.4, 0.5) is 17.2 Å². The molecule has 0 radical (unpaired) electrons. The summed E-state index contributed by atoms with van der Waals surface area (Å²) < 4.78 is 2.04. The van der Waals surface area contributed by atoms with Crippen LogP contribution in [0.25, 0.3) is 5.69 Å². The lowest BCUT2D eigenvalue weighted by Gasteiger charge is -2.31. The van der Waals surface area contributed by atoms with E-state index in [0.717, 1.165) is 42.3 Å². The van der Waals surface area contributed by atoms with Crippen molar-refractivity contribution in [3.63, 3.8) is 0 Å². The molecule has 1 fully saturated rings. The summed E-state index contributed by atoms with van der Waals surface area (Å²) in [6.07, 6.45) is 5.54. The molecule has 1 N–H and O–H groups in total. The summed E-state index contributed by atoms with van der Waals surface area (Å²) in [5, 5.41) is 14.9. The van der Waals surface area contributed by atoms with Crippen LogP contribution in [0.5, 0.6) is 0 Å². The lowest BCUT2D eigenvalue weighted by atomic mass is 10.0. The summed E-state index contributed by atoms with van der Waals surface area (Å²) in [7, 11) is 0. The van der Waals surface area contributed by atoms with E-state index in [4.69, 9.17) is 11.6 Å². The van der Waals surface area contributed by atoms with Crippen LogP contribution in [-0.2, 0) is 0 Å². The van der Waals surface area contributed by atoms with Crippen molar-refractivity contribution in [2.45, 2.75) is 24.9 Å². The average Bonchev–Trinajstić information content (AvgIpc) is 3.34. The van der Waals surface area contributed by atoms with Crippen LogP contribution in [0.1, 0.15) is 24.6 Å². The Morgan fingerprint density at radius 1 is 1.21 bits per heavy atom. The lowest BCUT2D eigenvalue weighted by molar-refractivity contribution is -0.384. The van der Waals surface area contributed by atoms with Crippen molar-refractivity contribution in [1.29, 1.82) is 0 Å². The second-order valence-electron chi connectivity index (χ2n) is 6.97. The molecule has 2 aliphatic rings. The molecule has 4 heterocycles. The first kappa shape index (κ1) is 17.0. The Labute approximate surface area is 165 Å². The van der Waals surface area contributed by atoms with Gasteiger partial charge in [0.15, 0.2) is 11.0 Å². The molecular weight excluding hydrogens is 380 g/mol. The number of hydrogen-bond acceptors (Lipinski definition) is 6. The molecule has 2 aliphatic heterocycles. The normalized spacial score (nSPS) is 20.1. The highest BCUT2D eigenvalue weighted by Gasteiger charge is 2.39. The molecule has 9 heteroatoms. The lowest BCUT2D eigenvalue weighted by Crippen LogP contribution is -2.37. The number of halogens is 1. The van der Waals surface area contributed by atoms with Crippen LogP contribution in [-0.4, -0.2) is 32.0 Å². The van der Waals surface area contributed by atoms with Gasteiger partial charge >= 0.3 is 0 Å². The number of nitrogens with zero attached hydrogens (tertiary/aromatic N) is 5. The second kappa shape index (κ2) is 6.49. The van der Waals surface area contributed by atoms with Crippen molar-refractivity contribution in [3.8, 4) is 5.69 Å². The number of nitro groups is 1. The third-order valence-corrected chi connectivity index (χ3v) is 5.73. The Morgan fingerprint density at radius 3 is 2.82 bits per heavy atom. The van der Waals surface area contributed by atoms with Crippen LogP contribution in [0.15, 0.2) is 48.9 Å². The number of rotatable bonds is 3. The predicted molar refractivity (Wildman–Crippen MR) is 106 cm³/mol. The Balaban J connectivity index is 1.60. The first-order valence-corrected chi connectivity index (χ1v) is 9.47. The van der Waals surface area contributed by atoms with Gasteiger partial charge in [0.25, 0.3) is 5.69 Å². The zero-order valence-electron chi connectivity index (χ0n) is 14.8. The maximum Gasteiger partial charge on any atom is 0.269 e. The number of anilines is 2. The van der Waals surface area contributed by atoms with Gasteiger partial charge in [-0.25, -0.2) is 9.97 Å². The van der Waals surface area contributed by atoms with Crippen LogP contribution < -0.4 is 10.2 Å². The van der Waals surface area contributed by atoms with Crippen LogP contribution >= 0.6 is 11.6 Å². The number of aromatic nitrogens is 3. The van der Waals surface area contributed by atoms with Gasteiger partial charge in [-0.15, -0.1) is 0 Å². The summed E-state index contributed by atoms with van der Waals surface area (Å²) >= 11 is 6.46. The molecule has 3 aromatic rings. The minimum Gasteiger partial charge on any atom is -0.375 e. The largest absolute Gasteiger partial charge is 0.375 e. The molecule has 8 nitrogen and oxygen atoms in total. The van der Waals surface area contributed by atoms with E-state index in [1.807, 2.05) is 16.8 Å². The van der Waals surface area contributed by atoms with E-state index in [1.165, 1.54) is 18.5 Å². The van der Waals surface area contributed by atoms with Gasteiger partial charge in [0.1, 0.15) is 12.0 Å². The molecule has 1 aromatic carbocycles. The Morgan fingerprint density at radius 2 is 2.04 bits per heavy atom. The molecule has 0 bridgehead atoms. The van der Waals surface area contributed by atoms with Gasteiger partial charge in [0.05, 0.1) is 17.0 Å². The summed E-state index contributed by atoms with van der Waals surface area (Å²) in [6.45, 7) is 0.897. The zero-order chi connectivity index (χ0) is 19.3. The van der Waals surface area contributed by atoms with Gasteiger partial charge in [-0.05, 0) is 37.1 Å². The molecule has 0 aliphatic carbocycles. The quantitative estimate of drug-likeness (QED) is 0.409. The van der Waals surface area contributed by atoms with Gasteiger partial charge in [0.2, 0.25) is 0 Å². The van der Waals surface area contributed by atoms with Gasteiger partial charge in [-0.1, -0.05) is 11.6 Å². The Hall–Kier alpha value is -3.13. The van der Waals surface area contributed by atoms with E-state index >= 15 is 0 Å². The van der Waals surface area contributed by atoms with Crippen LogP contribution in [0.2, 0.25) is 5.15 Å². The fourth-order valence-electron chi connectivity index (χ4n) is 4.25. The van der Waals surface area contributed by atoms with Crippen molar-refractivity contribution in [2.75, 3.05) is 16.8 Å². The van der Waals surface area contributed by atoms with Crippen molar-refractivity contribution < 1.29 is 4.92 Å². The van der Waals surface area contributed by atoms with E-state index in [-0.39, 0.29) is 17.8 Å². The van der Waals surface area contributed by atoms with E-state index in [1.54, 1.807) is 12.1 Å². The maximum absolute atomic E-state index is 10.9. The smallest absolute Gasteiger partial charge is 0.269 e. The van der Waals surface area contributed by atoms with Crippen molar-refractivity contribution >= 4 is 28.8 Å². The molecule has 0 spiro atoms. The second-order valence-corrected chi connectivity index (χ2v) is 7.33. The number of nitrogens with one attached hydrogen (secondary N) is 1. The summed E-state index contributed by atoms with van der Waals surface area (Å²) in [5.74, 6) is 0.841. The Bertz CT molecular complexity index is 1050. The number of benzene rings is 1. The van der Waals surface area contributed by atoms with Gasteiger partial charge in [0, 0.05) is 36.3 Å². The van der Waals surface area contributed by atoms with E-state index in [2.05, 4.69) is 26.3 Å². The number of hydrogen-bond donors (Lipinski definition) is 1. The summed E-state index contributed by atoms with van der Waals surface area (Å²) in [4.78, 5) is 21.6. The van der Waals surface area contributed by atoms with Crippen molar-refractivity contribution in [1.82, 2.24) is 14.5 Å². The summed E-state index contributed by atoms with van der Waals surface area (Å²) in [5.41, 5.74) is 2.76. The molecule has 5 rings (SSSR count). The molecule has 1 unspecified atom stereocenters. The van der Waals surface area contributed by atoms with Crippen LogP contribution in [0.3, 0.4) is 0 Å². The standard InChI is InChI=1S/C19H17ClN6O2/c20-18-17-19(22-11-21-18)25-10-2-4-15(25)16(14-3-1-9-24(14)17)23-12-5-7-13(8-6-12)26(27)28/h1,3,5-9,11,15-16,23H,2,4,10H2/t15-,16?/m0/s1. The van der Waals surface area contributed by atoms with E-state index < -0.39 is 4.92 Å². The minimum atomic E-state index is -0.392. The summed E-state index contributed by atoms with van der Waals surface area (Å²) in [6, 6.07) is 10.7. The van der Waals surface area contributed by atoms with Crippen molar-refractivity contribution in [2.24, 2.45) is 0 Å². The fraction of sp³-hybridized carbons (Fsp3) is 0.263. The van der Waals surface area contributed by atoms with Gasteiger partial charge in [-0.3, -0.25) is 10.1 Å². The first-order chi connectivity index (χ1) is 13.6. The zero-order valence-corrected chi connectivity index (χ0v) is 15.6. The van der Waals surface area contributed by atoms with Crippen LogP contribution in [0, 0.1) is 10.1 Å². The molecule has 1 saturated heterocycles. The third kappa shape index (κ3) is 2.60. The highest BCUT2D eigenvalue weighted by atomic mass is 35.5. The number of non-ortho nitro benzene ring substituents is 1. The molecule has 2 atom stereocenters. The average molecular weight is 397 g/mol. The minimum absolute atomic E-state index is 0.0239. The number of nitro benzene ring substituents is 1. The molecule has 0 saturated carbocycles. The Kier molecular flexibility index (Phi) is 3.94. The predicted octanol–water partition coefficient (Wildman–Crippen LogP) is 3.96. The van der Waals surface area contributed by atoms with Crippen molar-refractivity contribution in [3.05, 3.63) is 69.9 Å². The molecular formula is C19H17ClN6O2. The number of fused-ring (bicyclic) bond motifs is 5. The van der Waals surface area contributed by atoms with E-state index in [0.29, 0.717) is 5.15 Å². The molecule has 142 valence electrons. The highest BCUT2D eigenvalue weighted by Crippen LogP contribution is 2.43. The SMILES string of the molecule is O=[N+]([O-])c1ccc(NC2c3cccn3-c3c(Cl)ncnc3N3CCC[C@@H]23)cc1. The topological polar surface area (TPSA) is 89.1 Å². The molecule has 2 aromatic heterocycles. The van der Waals surface area contributed by atoms with Gasteiger partial charge in [-0.2, -0.15) is 0 Å². The third-order valence-electron chi connectivity index (χ3n) is 5.45. The van der Waals surface area contributed by atoms with E-state index in [9.17, 15) is 10.1 Å². The molecule has 0 amide bonds. The first-order valence-electron chi connectivity index (χ1n) is 9.09.